The molecule has 0 unspecified atom stereocenters. The summed E-state index contributed by atoms with van der Waals surface area (Å²) >= 11 is 0. The lowest BCUT2D eigenvalue weighted by atomic mass is 10.1. The number of hydrogen-bond donors (Lipinski definition) is 0. The molecule has 0 spiro atoms. The van der Waals surface area contributed by atoms with Crippen molar-refractivity contribution in [2.75, 3.05) is 64.3 Å². The van der Waals surface area contributed by atoms with E-state index in [0.717, 1.165) is 31.3 Å². The van der Waals surface area contributed by atoms with Crippen LogP contribution in [0.15, 0.2) is 108 Å². The highest BCUT2D eigenvalue weighted by molar-refractivity contribution is 5.52. The van der Waals surface area contributed by atoms with Crippen molar-refractivity contribution in [1.29, 1.82) is 0 Å². The largest absolute Gasteiger partial charge is 0.422 e. The molecular formula is C33H41N7+2. The molecule has 3 aliphatic heterocycles. The molecule has 0 radical (unpaired) electrons. The zero-order valence-corrected chi connectivity index (χ0v) is 23.6. The fourth-order valence-electron chi connectivity index (χ4n) is 6.10. The van der Waals surface area contributed by atoms with Gasteiger partial charge in [-0.3, -0.25) is 4.90 Å². The molecule has 2 bridgehead atoms. The van der Waals surface area contributed by atoms with Crippen LogP contribution < -0.4 is 9.47 Å². The number of quaternary nitrogens is 1. The molecule has 0 amide bonds. The van der Waals surface area contributed by atoms with Crippen LogP contribution in [0.5, 0.6) is 0 Å². The Bertz CT molecular complexity index is 1320. The maximum atomic E-state index is 4.76. The quantitative estimate of drug-likeness (QED) is 0.149. The minimum Gasteiger partial charge on any atom is -0.374 e. The summed E-state index contributed by atoms with van der Waals surface area (Å²) in [4.78, 5) is 4.99. The number of hydrogen-bond acceptors (Lipinski definition) is 4. The monoisotopic (exact) mass is 535 g/mol. The van der Waals surface area contributed by atoms with Crippen LogP contribution >= 0.6 is 0 Å². The molecule has 0 atom stereocenters. The van der Waals surface area contributed by atoms with E-state index in [2.05, 4.69) is 116 Å². The van der Waals surface area contributed by atoms with Gasteiger partial charge in [-0.1, -0.05) is 65.8 Å². The summed E-state index contributed by atoms with van der Waals surface area (Å²) in [6.07, 6.45) is 5.42. The molecule has 3 aromatic carbocycles. The third kappa shape index (κ3) is 6.32. The summed E-state index contributed by atoms with van der Waals surface area (Å²) in [6.45, 7) is 11.8. The van der Waals surface area contributed by atoms with E-state index in [-0.39, 0.29) is 0 Å². The molecule has 206 valence electrons. The predicted molar refractivity (Wildman–Crippen MR) is 160 cm³/mol. The highest BCUT2D eigenvalue weighted by atomic mass is 15.5. The first-order valence-electron chi connectivity index (χ1n) is 14.6. The molecule has 3 fully saturated rings. The second-order valence-corrected chi connectivity index (χ2v) is 11.4. The fraction of sp³-hybridized carbons (Fsp3) is 0.364. The number of fused-ring (bicyclic) bond motifs is 3. The summed E-state index contributed by atoms with van der Waals surface area (Å²) in [7, 11) is 2.20. The smallest absolute Gasteiger partial charge is 0.374 e. The van der Waals surface area contributed by atoms with Crippen molar-refractivity contribution in [2.24, 2.45) is 10.2 Å². The van der Waals surface area contributed by atoms with Crippen LogP contribution in [0.2, 0.25) is 0 Å². The van der Waals surface area contributed by atoms with E-state index >= 15 is 0 Å². The van der Waals surface area contributed by atoms with E-state index in [4.69, 9.17) is 5.11 Å². The lowest BCUT2D eigenvalue weighted by Gasteiger charge is -2.50. The van der Waals surface area contributed by atoms with Crippen LogP contribution in [-0.2, 0) is 13.1 Å². The summed E-state index contributed by atoms with van der Waals surface area (Å²) < 4.78 is 5.66. The van der Waals surface area contributed by atoms with Crippen LogP contribution in [0.4, 0.5) is 17.3 Å². The summed E-state index contributed by atoms with van der Waals surface area (Å²) in [6, 6.07) is 29.5. The molecular weight excluding hydrogens is 494 g/mol. The van der Waals surface area contributed by atoms with Gasteiger partial charge in [-0.25, -0.2) is 9.13 Å². The molecule has 4 aromatic rings. The minimum atomic E-state index is 0.749. The predicted octanol–water partition coefficient (Wildman–Crippen LogP) is 5.26. The van der Waals surface area contributed by atoms with Gasteiger partial charge >= 0.3 is 5.95 Å². The maximum absolute atomic E-state index is 4.76. The lowest BCUT2D eigenvalue weighted by Crippen LogP contribution is -2.67. The number of nitrogens with zero attached hydrogens (tertiary/aromatic N) is 7. The second kappa shape index (κ2) is 12.1. The van der Waals surface area contributed by atoms with Crippen LogP contribution in [0.25, 0.3) is 0 Å². The highest BCUT2D eigenvalue weighted by Crippen LogP contribution is 2.23. The SMILES string of the molecule is CN(CCC[N+]12CCN(CC1)CC2)c1ccc(/N=N/c2n(Cc3ccccc3)cc[n+]2Cc2ccccc2)cc1. The Morgan fingerprint density at radius 3 is 2.12 bits per heavy atom. The van der Waals surface area contributed by atoms with Crippen molar-refractivity contribution in [1.82, 2.24) is 9.47 Å². The first-order chi connectivity index (χ1) is 19.7. The van der Waals surface area contributed by atoms with Crippen LogP contribution in [0.1, 0.15) is 17.5 Å². The first-order valence-corrected chi connectivity index (χ1v) is 14.6. The summed E-state index contributed by atoms with van der Waals surface area (Å²) in [5.74, 6) is 0.833. The molecule has 7 heteroatoms. The molecule has 0 N–H and O–H groups in total. The van der Waals surface area contributed by atoms with E-state index in [0.29, 0.717) is 0 Å². The van der Waals surface area contributed by atoms with E-state index in [1.807, 2.05) is 12.1 Å². The molecule has 3 saturated heterocycles. The lowest BCUT2D eigenvalue weighted by molar-refractivity contribution is -0.941. The van der Waals surface area contributed by atoms with Gasteiger partial charge in [-0.15, -0.1) is 0 Å². The van der Waals surface area contributed by atoms with Crippen LogP contribution in [0.3, 0.4) is 0 Å². The Hall–Kier alpha value is -3.81. The van der Waals surface area contributed by atoms with E-state index < -0.39 is 0 Å². The number of imidazole rings is 1. The van der Waals surface area contributed by atoms with Crippen LogP contribution in [0, 0.1) is 0 Å². The topological polar surface area (TPSA) is 40.0 Å². The number of benzene rings is 3. The van der Waals surface area contributed by atoms with Crippen molar-refractivity contribution in [2.45, 2.75) is 19.5 Å². The summed E-state index contributed by atoms with van der Waals surface area (Å²) in [5, 5.41) is 9.42. The molecule has 3 aliphatic rings. The zero-order chi connectivity index (χ0) is 27.2. The third-order valence-corrected chi connectivity index (χ3v) is 8.67. The minimum absolute atomic E-state index is 0.749. The molecule has 0 saturated carbocycles. The average molecular weight is 536 g/mol. The van der Waals surface area contributed by atoms with E-state index in [1.165, 1.54) is 73.5 Å². The van der Waals surface area contributed by atoms with Gasteiger partial charge in [0.2, 0.25) is 0 Å². The number of rotatable bonds is 11. The summed E-state index contributed by atoms with van der Waals surface area (Å²) in [5.41, 5.74) is 4.57. The Kier molecular flexibility index (Phi) is 8.02. The molecule has 1 aromatic heterocycles. The van der Waals surface area contributed by atoms with Crippen molar-refractivity contribution in [3.05, 3.63) is 108 Å². The van der Waals surface area contributed by atoms with Gasteiger partial charge in [0.15, 0.2) is 0 Å². The Balaban J connectivity index is 1.12. The van der Waals surface area contributed by atoms with Gasteiger partial charge in [0, 0.05) is 50.4 Å². The molecule has 4 heterocycles. The number of aromatic nitrogens is 2. The first kappa shape index (κ1) is 26.4. The van der Waals surface area contributed by atoms with Gasteiger partial charge in [0.05, 0.1) is 51.7 Å². The molecule has 7 rings (SSSR count). The molecule has 40 heavy (non-hydrogen) atoms. The second-order valence-electron chi connectivity index (χ2n) is 11.4. The number of azo groups is 1. The average Bonchev–Trinajstić information content (AvgIpc) is 3.38. The molecule has 0 aliphatic carbocycles. The highest BCUT2D eigenvalue weighted by Gasteiger charge is 2.37. The van der Waals surface area contributed by atoms with Gasteiger partial charge in [-0.2, -0.15) is 0 Å². The van der Waals surface area contributed by atoms with Crippen molar-refractivity contribution >= 4 is 17.3 Å². The van der Waals surface area contributed by atoms with Crippen molar-refractivity contribution < 1.29 is 9.05 Å². The van der Waals surface area contributed by atoms with Gasteiger partial charge in [-0.05, 0) is 35.4 Å². The van der Waals surface area contributed by atoms with Gasteiger partial charge < -0.3 is 9.38 Å². The Morgan fingerprint density at radius 1 is 0.800 bits per heavy atom. The maximum Gasteiger partial charge on any atom is 0.422 e. The van der Waals surface area contributed by atoms with Crippen molar-refractivity contribution in [3.8, 4) is 0 Å². The van der Waals surface area contributed by atoms with Gasteiger partial charge in [0.1, 0.15) is 5.69 Å². The molecule has 7 nitrogen and oxygen atoms in total. The van der Waals surface area contributed by atoms with Crippen LogP contribution in [-0.4, -0.2) is 73.4 Å². The normalized spacial score (nSPS) is 20.3. The van der Waals surface area contributed by atoms with E-state index in [9.17, 15) is 0 Å². The van der Waals surface area contributed by atoms with Gasteiger partial charge in [0.25, 0.3) is 0 Å². The fourth-order valence-corrected chi connectivity index (χ4v) is 6.10. The number of anilines is 1. The number of piperazine rings is 3. The standard InChI is InChI=1S/C33H41N7/c1-36(17-8-23-40-24-20-37(21-25-40)22-26-40)32-15-13-31(14-16-32)34-35-33-38(27-29-9-4-2-5-10-29)18-19-39(33)28-30-11-6-3-7-12-30/h2-7,9-16,18-19H,8,17,20-28H2,1H3/q+2. The van der Waals surface area contributed by atoms with Crippen molar-refractivity contribution in [3.63, 3.8) is 0 Å². The zero-order valence-electron chi connectivity index (χ0n) is 23.6. The Morgan fingerprint density at radius 2 is 1.45 bits per heavy atom. The van der Waals surface area contributed by atoms with E-state index in [1.54, 1.807) is 0 Å². The Labute approximate surface area is 238 Å². The third-order valence-electron chi connectivity index (χ3n) is 8.67.